The maximum atomic E-state index is 13.3. The van der Waals surface area contributed by atoms with Gasteiger partial charge in [0.1, 0.15) is 11.6 Å². The molecule has 0 radical (unpaired) electrons. The molecule has 0 unspecified atom stereocenters. The SMILES string of the molecule is CCCCCCCCCOc1cc(F)c(Br)cc1N. The average molecular weight is 332 g/mol. The lowest BCUT2D eigenvalue weighted by Crippen LogP contribution is -2.01. The van der Waals surface area contributed by atoms with Crippen LogP contribution in [0.3, 0.4) is 0 Å². The van der Waals surface area contributed by atoms with Gasteiger partial charge in [-0.25, -0.2) is 4.39 Å². The first-order valence-corrected chi connectivity index (χ1v) is 7.81. The minimum Gasteiger partial charge on any atom is -0.491 e. The number of halogens is 2. The van der Waals surface area contributed by atoms with E-state index >= 15 is 0 Å². The Kier molecular flexibility index (Phi) is 7.87. The van der Waals surface area contributed by atoms with E-state index in [-0.39, 0.29) is 5.82 Å². The summed E-state index contributed by atoms with van der Waals surface area (Å²) in [6.07, 6.45) is 8.60. The van der Waals surface area contributed by atoms with E-state index in [0.29, 0.717) is 22.5 Å². The summed E-state index contributed by atoms with van der Waals surface area (Å²) in [5, 5.41) is 0. The summed E-state index contributed by atoms with van der Waals surface area (Å²) < 4.78 is 19.2. The van der Waals surface area contributed by atoms with E-state index < -0.39 is 0 Å². The molecule has 0 heterocycles. The summed E-state index contributed by atoms with van der Waals surface area (Å²) in [6, 6.07) is 2.87. The first kappa shape index (κ1) is 16.3. The Morgan fingerprint density at radius 2 is 1.74 bits per heavy atom. The summed E-state index contributed by atoms with van der Waals surface area (Å²) in [5.74, 6) is 0.0930. The van der Waals surface area contributed by atoms with Crippen LogP contribution in [0.25, 0.3) is 0 Å². The highest BCUT2D eigenvalue weighted by Crippen LogP contribution is 2.28. The van der Waals surface area contributed by atoms with E-state index in [1.165, 1.54) is 44.2 Å². The Bertz CT molecular complexity index is 385. The van der Waals surface area contributed by atoms with Gasteiger partial charge < -0.3 is 10.5 Å². The molecule has 0 aliphatic rings. The number of unbranched alkanes of at least 4 members (excludes halogenated alkanes) is 6. The fourth-order valence-electron chi connectivity index (χ4n) is 1.91. The molecule has 0 bridgehead atoms. The quantitative estimate of drug-likeness (QED) is 0.492. The van der Waals surface area contributed by atoms with E-state index in [0.717, 1.165) is 12.8 Å². The molecule has 1 aromatic carbocycles. The van der Waals surface area contributed by atoms with E-state index in [1.807, 2.05) is 0 Å². The van der Waals surface area contributed by atoms with Crippen LogP contribution < -0.4 is 10.5 Å². The Morgan fingerprint density at radius 3 is 2.42 bits per heavy atom. The summed E-state index contributed by atoms with van der Waals surface area (Å²) in [6.45, 7) is 2.81. The van der Waals surface area contributed by atoms with Gasteiger partial charge in [-0.15, -0.1) is 0 Å². The van der Waals surface area contributed by atoms with E-state index in [9.17, 15) is 4.39 Å². The third-order valence-corrected chi connectivity index (χ3v) is 3.67. The van der Waals surface area contributed by atoms with Crippen LogP contribution in [0.1, 0.15) is 51.9 Å². The third-order valence-electron chi connectivity index (χ3n) is 3.06. The number of anilines is 1. The number of benzene rings is 1. The van der Waals surface area contributed by atoms with Crippen molar-refractivity contribution < 1.29 is 9.13 Å². The van der Waals surface area contributed by atoms with Crippen LogP contribution in [0.2, 0.25) is 0 Å². The van der Waals surface area contributed by atoms with Gasteiger partial charge in [-0.2, -0.15) is 0 Å². The minimum absolute atomic E-state index is 0.344. The first-order valence-electron chi connectivity index (χ1n) is 7.02. The molecule has 0 aromatic heterocycles. The smallest absolute Gasteiger partial charge is 0.145 e. The molecule has 0 saturated heterocycles. The van der Waals surface area contributed by atoms with E-state index in [1.54, 1.807) is 0 Å². The number of ether oxygens (including phenoxy) is 1. The number of nitrogens with two attached hydrogens (primary N) is 1. The van der Waals surface area contributed by atoms with Crippen LogP contribution in [-0.4, -0.2) is 6.61 Å². The van der Waals surface area contributed by atoms with Crippen molar-refractivity contribution in [3.8, 4) is 5.75 Å². The second-order valence-corrected chi connectivity index (χ2v) is 5.63. The van der Waals surface area contributed by atoms with Crippen LogP contribution in [0.4, 0.5) is 10.1 Å². The molecule has 0 fully saturated rings. The van der Waals surface area contributed by atoms with Crippen LogP contribution in [0, 0.1) is 5.82 Å². The predicted molar refractivity (Wildman–Crippen MR) is 82.0 cm³/mol. The minimum atomic E-state index is -0.344. The fourth-order valence-corrected chi connectivity index (χ4v) is 2.27. The lowest BCUT2D eigenvalue weighted by Gasteiger charge is -2.09. The van der Waals surface area contributed by atoms with Crippen LogP contribution >= 0.6 is 15.9 Å². The van der Waals surface area contributed by atoms with Crippen molar-refractivity contribution >= 4 is 21.6 Å². The zero-order chi connectivity index (χ0) is 14.1. The molecule has 0 amide bonds. The lowest BCUT2D eigenvalue weighted by molar-refractivity contribution is 0.304. The van der Waals surface area contributed by atoms with Crippen molar-refractivity contribution in [1.82, 2.24) is 0 Å². The van der Waals surface area contributed by atoms with E-state index in [4.69, 9.17) is 10.5 Å². The van der Waals surface area contributed by atoms with Crippen molar-refractivity contribution in [3.63, 3.8) is 0 Å². The Balaban J connectivity index is 2.17. The van der Waals surface area contributed by atoms with Gasteiger partial charge in [0.15, 0.2) is 0 Å². The highest BCUT2D eigenvalue weighted by molar-refractivity contribution is 9.10. The second-order valence-electron chi connectivity index (χ2n) is 4.77. The monoisotopic (exact) mass is 331 g/mol. The molecule has 2 nitrogen and oxygen atoms in total. The summed E-state index contributed by atoms with van der Waals surface area (Å²) in [5.41, 5.74) is 6.23. The van der Waals surface area contributed by atoms with Crippen molar-refractivity contribution in [1.29, 1.82) is 0 Å². The molecule has 0 spiro atoms. The molecular formula is C15H23BrFNO. The molecule has 108 valence electrons. The normalized spacial score (nSPS) is 10.7. The van der Waals surface area contributed by atoms with Gasteiger partial charge in [0.2, 0.25) is 0 Å². The van der Waals surface area contributed by atoms with Gasteiger partial charge in [0.25, 0.3) is 0 Å². The fraction of sp³-hybridized carbons (Fsp3) is 0.600. The van der Waals surface area contributed by atoms with E-state index in [2.05, 4.69) is 22.9 Å². The van der Waals surface area contributed by atoms with Crippen LogP contribution in [-0.2, 0) is 0 Å². The van der Waals surface area contributed by atoms with Gasteiger partial charge in [-0.3, -0.25) is 0 Å². The lowest BCUT2D eigenvalue weighted by atomic mass is 10.1. The number of hydrogen-bond donors (Lipinski definition) is 1. The molecule has 19 heavy (non-hydrogen) atoms. The molecule has 1 aromatic rings. The molecule has 0 aliphatic heterocycles. The average Bonchev–Trinajstić information content (AvgIpc) is 2.38. The standard InChI is InChI=1S/C15H23BrFNO/c1-2-3-4-5-6-7-8-9-19-15-11-13(17)12(16)10-14(15)18/h10-11H,2-9,18H2,1H3. The molecule has 4 heteroatoms. The number of rotatable bonds is 9. The largest absolute Gasteiger partial charge is 0.491 e. The number of nitrogen functional groups attached to an aromatic ring is 1. The van der Waals surface area contributed by atoms with Gasteiger partial charge >= 0.3 is 0 Å². The van der Waals surface area contributed by atoms with Crippen molar-refractivity contribution in [2.45, 2.75) is 51.9 Å². The number of hydrogen-bond acceptors (Lipinski definition) is 2. The summed E-state index contributed by atoms with van der Waals surface area (Å²) in [7, 11) is 0. The van der Waals surface area contributed by atoms with Gasteiger partial charge in [-0.1, -0.05) is 45.4 Å². The third kappa shape index (κ3) is 6.28. The summed E-state index contributed by atoms with van der Waals surface area (Å²) >= 11 is 3.09. The first-order chi connectivity index (χ1) is 9.15. The molecular weight excluding hydrogens is 309 g/mol. The van der Waals surface area contributed by atoms with Crippen molar-refractivity contribution in [2.24, 2.45) is 0 Å². The molecule has 0 atom stereocenters. The zero-order valence-corrected chi connectivity index (χ0v) is 13.1. The Hall–Kier alpha value is -0.770. The molecule has 1 rings (SSSR count). The maximum Gasteiger partial charge on any atom is 0.145 e. The topological polar surface area (TPSA) is 35.2 Å². The van der Waals surface area contributed by atoms with Crippen molar-refractivity contribution in [2.75, 3.05) is 12.3 Å². The summed E-state index contributed by atoms with van der Waals surface area (Å²) in [4.78, 5) is 0. The Labute approximate surface area is 123 Å². The maximum absolute atomic E-state index is 13.3. The van der Waals surface area contributed by atoms with Crippen molar-refractivity contribution in [3.05, 3.63) is 22.4 Å². The van der Waals surface area contributed by atoms with Crippen LogP contribution in [0.5, 0.6) is 5.75 Å². The molecule has 0 saturated carbocycles. The highest BCUT2D eigenvalue weighted by Gasteiger charge is 2.06. The second kappa shape index (κ2) is 9.18. The van der Waals surface area contributed by atoms with Gasteiger partial charge in [0.05, 0.1) is 16.8 Å². The molecule has 0 aliphatic carbocycles. The van der Waals surface area contributed by atoms with Gasteiger partial charge in [-0.05, 0) is 28.4 Å². The van der Waals surface area contributed by atoms with Gasteiger partial charge in [0, 0.05) is 6.07 Å². The highest BCUT2D eigenvalue weighted by atomic mass is 79.9. The predicted octanol–water partition coefficient (Wildman–Crippen LogP) is 5.30. The van der Waals surface area contributed by atoms with Crippen LogP contribution in [0.15, 0.2) is 16.6 Å². The Morgan fingerprint density at radius 1 is 1.11 bits per heavy atom. The molecule has 2 N–H and O–H groups in total. The zero-order valence-electron chi connectivity index (χ0n) is 11.6.